The first-order chi connectivity index (χ1) is 14.5. The van der Waals surface area contributed by atoms with Crippen LogP contribution in [-0.4, -0.2) is 48.1 Å². The number of thioether (sulfide) groups is 1. The number of halogens is 1. The molecule has 2 amide bonds. The first-order valence-electron chi connectivity index (χ1n) is 10.5. The SMILES string of the molecule is CC12CCC(=O)N1C(C(=O)Nc1cc(-c3nnc4n3CCCCC4)ccc1F)CS2. The predicted octanol–water partition coefficient (Wildman–Crippen LogP) is 3.20. The average molecular weight is 430 g/mol. The Morgan fingerprint density at radius 3 is 3.00 bits per heavy atom. The van der Waals surface area contributed by atoms with Crippen LogP contribution in [0.3, 0.4) is 0 Å². The van der Waals surface area contributed by atoms with Gasteiger partial charge in [0.25, 0.3) is 0 Å². The number of nitrogens with one attached hydrogen (secondary N) is 1. The number of amides is 2. The Hall–Kier alpha value is -2.42. The van der Waals surface area contributed by atoms with E-state index in [9.17, 15) is 14.0 Å². The maximum absolute atomic E-state index is 14.5. The molecule has 0 aliphatic carbocycles. The zero-order valence-electron chi connectivity index (χ0n) is 16.9. The summed E-state index contributed by atoms with van der Waals surface area (Å²) in [4.78, 5) is 26.6. The number of hydrogen-bond donors (Lipinski definition) is 1. The first-order valence-corrected chi connectivity index (χ1v) is 11.4. The van der Waals surface area contributed by atoms with Crippen molar-refractivity contribution in [1.82, 2.24) is 19.7 Å². The maximum atomic E-state index is 14.5. The Kier molecular flexibility index (Phi) is 4.80. The van der Waals surface area contributed by atoms with E-state index in [2.05, 4.69) is 20.1 Å². The molecule has 3 aliphatic heterocycles. The van der Waals surface area contributed by atoms with Gasteiger partial charge >= 0.3 is 0 Å². The first kappa shape index (κ1) is 19.5. The highest BCUT2D eigenvalue weighted by atomic mass is 32.2. The third kappa shape index (κ3) is 3.19. The van der Waals surface area contributed by atoms with E-state index in [1.807, 2.05) is 6.92 Å². The van der Waals surface area contributed by atoms with Crippen LogP contribution >= 0.6 is 11.8 Å². The Morgan fingerprint density at radius 2 is 2.13 bits per heavy atom. The number of hydrogen-bond acceptors (Lipinski definition) is 5. The van der Waals surface area contributed by atoms with Crippen LogP contribution in [0.15, 0.2) is 18.2 Å². The predicted molar refractivity (Wildman–Crippen MR) is 112 cm³/mol. The molecule has 1 N–H and O–H groups in total. The lowest BCUT2D eigenvalue weighted by atomic mass is 10.1. The van der Waals surface area contributed by atoms with Gasteiger partial charge in [-0.1, -0.05) is 6.42 Å². The van der Waals surface area contributed by atoms with E-state index in [0.29, 0.717) is 18.0 Å². The zero-order chi connectivity index (χ0) is 20.9. The molecule has 0 radical (unpaired) electrons. The van der Waals surface area contributed by atoms with E-state index in [1.165, 1.54) is 6.07 Å². The van der Waals surface area contributed by atoms with Crippen LogP contribution < -0.4 is 5.32 Å². The van der Waals surface area contributed by atoms with Crippen LogP contribution in [0, 0.1) is 5.82 Å². The molecule has 30 heavy (non-hydrogen) atoms. The summed E-state index contributed by atoms with van der Waals surface area (Å²) in [5.74, 6) is 1.30. The highest BCUT2D eigenvalue weighted by molar-refractivity contribution is 8.01. The molecule has 7 nitrogen and oxygen atoms in total. The van der Waals surface area contributed by atoms with Crippen molar-refractivity contribution in [2.24, 2.45) is 0 Å². The number of rotatable bonds is 3. The van der Waals surface area contributed by atoms with Gasteiger partial charge in [0.1, 0.15) is 17.7 Å². The number of carbonyl (C=O) groups is 2. The Balaban J connectivity index is 1.41. The van der Waals surface area contributed by atoms with Crippen molar-refractivity contribution in [2.45, 2.75) is 62.9 Å². The molecule has 0 saturated carbocycles. The van der Waals surface area contributed by atoms with Gasteiger partial charge in [0.05, 0.1) is 10.6 Å². The largest absolute Gasteiger partial charge is 0.322 e. The fraction of sp³-hybridized carbons (Fsp3) is 0.524. The van der Waals surface area contributed by atoms with Crippen molar-refractivity contribution < 1.29 is 14.0 Å². The molecule has 158 valence electrons. The normalized spacial score (nSPS) is 25.7. The minimum absolute atomic E-state index is 0.0111. The van der Waals surface area contributed by atoms with E-state index in [1.54, 1.807) is 28.8 Å². The molecule has 5 rings (SSSR count). The average Bonchev–Trinajstić information content (AvgIpc) is 3.31. The summed E-state index contributed by atoms with van der Waals surface area (Å²) in [5.41, 5.74) is 0.823. The third-order valence-electron chi connectivity index (χ3n) is 6.34. The summed E-state index contributed by atoms with van der Waals surface area (Å²) in [6.45, 7) is 2.83. The second-order valence-electron chi connectivity index (χ2n) is 8.35. The summed E-state index contributed by atoms with van der Waals surface area (Å²) in [5, 5.41) is 11.3. The van der Waals surface area contributed by atoms with Gasteiger partial charge < -0.3 is 14.8 Å². The highest BCUT2D eigenvalue weighted by Crippen LogP contribution is 2.47. The van der Waals surface area contributed by atoms with Crippen molar-refractivity contribution in [2.75, 3.05) is 11.1 Å². The molecule has 0 spiro atoms. The summed E-state index contributed by atoms with van der Waals surface area (Å²) < 4.78 is 16.6. The second kappa shape index (κ2) is 7.37. The smallest absolute Gasteiger partial charge is 0.248 e. The van der Waals surface area contributed by atoms with Gasteiger partial charge in [-0.3, -0.25) is 9.59 Å². The van der Waals surface area contributed by atoms with Crippen LogP contribution in [0.1, 0.15) is 44.9 Å². The third-order valence-corrected chi connectivity index (χ3v) is 7.84. The lowest BCUT2D eigenvalue weighted by Crippen LogP contribution is -2.48. The number of aromatic nitrogens is 3. The number of anilines is 1. The Labute approximate surface area is 178 Å². The maximum Gasteiger partial charge on any atom is 0.248 e. The van der Waals surface area contributed by atoms with Crippen LogP contribution in [0.25, 0.3) is 11.4 Å². The van der Waals surface area contributed by atoms with Gasteiger partial charge in [-0.25, -0.2) is 4.39 Å². The molecule has 2 atom stereocenters. The summed E-state index contributed by atoms with van der Waals surface area (Å²) in [6, 6.07) is 4.04. The minimum Gasteiger partial charge on any atom is -0.322 e. The number of nitrogens with zero attached hydrogens (tertiary/aromatic N) is 4. The molecule has 2 fully saturated rings. The molecule has 1 aromatic heterocycles. The van der Waals surface area contributed by atoms with Crippen molar-refractivity contribution in [1.29, 1.82) is 0 Å². The van der Waals surface area contributed by atoms with E-state index < -0.39 is 11.9 Å². The number of aryl methyl sites for hydroxylation is 1. The molecule has 4 heterocycles. The topological polar surface area (TPSA) is 80.1 Å². The number of benzene rings is 1. The van der Waals surface area contributed by atoms with Gasteiger partial charge in [0, 0.05) is 30.7 Å². The molecule has 1 aromatic carbocycles. The van der Waals surface area contributed by atoms with Crippen molar-refractivity contribution in [3.05, 3.63) is 29.8 Å². The van der Waals surface area contributed by atoms with Crippen LogP contribution in [0.2, 0.25) is 0 Å². The fourth-order valence-corrected chi connectivity index (χ4v) is 6.12. The zero-order valence-corrected chi connectivity index (χ0v) is 17.7. The van der Waals surface area contributed by atoms with Crippen molar-refractivity contribution in [3.63, 3.8) is 0 Å². The van der Waals surface area contributed by atoms with E-state index in [-0.39, 0.29) is 22.4 Å². The Morgan fingerprint density at radius 1 is 1.27 bits per heavy atom. The van der Waals surface area contributed by atoms with E-state index in [4.69, 9.17) is 0 Å². The van der Waals surface area contributed by atoms with Gasteiger partial charge in [-0.05, 0) is 44.4 Å². The summed E-state index contributed by atoms with van der Waals surface area (Å²) in [7, 11) is 0. The Bertz CT molecular complexity index is 1020. The fourth-order valence-electron chi connectivity index (χ4n) is 4.69. The number of fused-ring (bicyclic) bond motifs is 2. The summed E-state index contributed by atoms with van der Waals surface area (Å²) in [6.07, 6.45) is 5.39. The van der Waals surface area contributed by atoms with Gasteiger partial charge in [-0.15, -0.1) is 22.0 Å². The van der Waals surface area contributed by atoms with Crippen LogP contribution in [-0.2, 0) is 22.6 Å². The molecule has 2 aromatic rings. The molecular formula is C21H24FN5O2S. The standard InChI is InChI=1S/C21H24FN5O2S/c1-21-9-8-18(28)27(21)16(12-30-21)20(29)23-15-11-13(6-7-14(15)22)19-25-24-17-5-3-2-4-10-26(17)19/h6-7,11,16H,2-5,8-10,12H2,1H3,(H,23,29). The second-order valence-corrected chi connectivity index (χ2v) is 9.85. The quantitative estimate of drug-likeness (QED) is 0.811. The molecule has 2 unspecified atom stereocenters. The molecule has 9 heteroatoms. The monoisotopic (exact) mass is 429 g/mol. The van der Waals surface area contributed by atoms with Crippen molar-refractivity contribution in [3.8, 4) is 11.4 Å². The van der Waals surface area contributed by atoms with Gasteiger partial charge in [-0.2, -0.15) is 0 Å². The van der Waals surface area contributed by atoms with E-state index in [0.717, 1.165) is 50.0 Å². The molecule has 2 saturated heterocycles. The molecule has 3 aliphatic rings. The summed E-state index contributed by atoms with van der Waals surface area (Å²) >= 11 is 1.62. The van der Waals surface area contributed by atoms with Crippen LogP contribution in [0.5, 0.6) is 0 Å². The highest BCUT2D eigenvalue weighted by Gasteiger charge is 2.52. The lowest BCUT2D eigenvalue weighted by molar-refractivity contribution is -0.135. The molecular weight excluding hydrogens is 405 g/mol. The number of carbonyl (C=O) groups excluding carboxylic acids is 2. The van der Waals surface area contributed by atoms with Crippen molar-refractivity contribution >= 4 is 29.3 Å². The molecule has 0 bridgehead atoms. The van der Waals surface area contributed by atoms with E-state index >= 15 is 0 Å². The van der Waals surface area contributed by atoms with Gasteiger partial charge in [0.2, 0.25) is 11.8 Å². The lowest BCUT2D eigenvalue weighted by Gasteiger charge is -2.29. The van der Waals surface area contributed by atoms with Gasteiger partial charge in [0.15, 0.2) is 5.82 Å². The minimum atomic E-state index is -0.581. The van der Waals surface area contributed by atoms with Crippen LogP contribution in [0.4, 0.5) is 10.1 Å².